The number of aromatic nitrogens is 3. The molecule has 0 aliphatic rings. The van der Waals surface area contributed by atoms with Gasteiger partial charge in [-0.05, 0) is 52.2 Å². The zero-order chi connectivity index (χ0) is 15.2. The zero-order valence-electron chi connectivity index (χ0n) is 11.7. The van der Waals surface area contributed by atoms with Crippen molar-refractivity contribution in [2.45, 2.75) is 6.54 Å². The van der Waals surface area contributed by atoms with E-state index in [1.165, 1.54) is 6.08 Å². The number of amides is 1. The molecule has 3 rings (SSSR count). The van der Waals surface area contributed by atoms with Gasteiger partial charge in [0, 0.05) is 31.2 Å². The highest BCUT2D eigenvalue weighted by atomic mass is 32.1. The molecular weight excluding hydrogens is 296 g/mol. The molecule has 0 fully saturated rings. The van der Waals surface area contributed by atoms with E-state index in [1.807, 2.05) is 41.2 Å². The summed E-state index contributed by atoms with van der Waals surface area (Å²) in [4.78, 5) is 16.1. The van der Waals surface area contributed by atoms with Gasteiger partial charge in [-0.1, -0.05) is 0 Å². The van der Waals surface area contributed by atoms with Crippen LogP contribution in [0.15, 0.2) is 59.7 Å². The van der Waals surface area contributed by atoms with E-state index in [0.29, 0.717) is 6.54 Å². The second-order valence-corrected chi connectivity index (χ2v) is 5.36. The zero-order valence-corrected chi connectivity index (χ0v) is 12.5. The molecule has 6 heteroatoms. The molecule has 0 saturated carbocycles. The van der Waals surface area contributed by atoms with Gasteiger partial charge in [-0.15, -0.1) is 0 Å². The molecule has 0 saturated heterocycles. The Bertz CT molecular complexity index is 763. The Morgan fingerprint density at radius 3 is 3.09 bits per heavy atom. The summed E-state index contributed by atoms with van der Waals surface area (Å²) in [6.45, 7) is 0.448. The van der Waals surface area contributed by atoms with Crippen LogP contribution in [0.3, 0.4) is 0 Å². The highest BCUT2D eigenvalue weighted by Gasteiger charge is 2.01. The quantitative estimate of drug-likeness (QED) is 0.737. The van der Waals surface area contributed by atoms with Gasteiger partial charge in [0.1, 0.15) is 0 Å². The van der Waals surface area contributed by atoms with Crippen LogP contribution in [0, 0.1) is 0 Å². The summed E-state index contributed by atoms with van der Waals surface area (Å²) in [7, 11) is 0. The third-order valence-electron chi connectivity index (χ3n) is 2.99. The van der Waals surface area contributed by atoms with Gasteiger partial charge < -0.3 is 5.32 Å². The number of hydrogen-bond donors (Lipinski definition) is 1. The van der Waals surface area contributed by atoms with Gasteiger partial charge in [-0.25, -0.2) is 9.67 Å². The Labute approximate surface area is 131 Å². The maximum atomic E-state index is 11.8. The summed E-state index contributed by atoms with van der Waals surface area (Å²) in [6.07, 6.45) is 8.57. The number of carbonyl (C=O) groups is 1. The van der Waals surface area contributed by atoms with E-state index in [0.717, 1.165) is 16.9 Å². The predicted molar refractivity (Wildman–Crippen MR) is 86.6 cm³/mol. The fraction of sp³-hybridized carbons (Fsp3) is 0.0625. The first kappa shape index (κ1) is 14.2. The number of hydrogen-bond acceptors (Lipinski definition) is 4. The molecule has 0 spiro atoms. The molecule has 3 aromatic rings. The molecule has 0 aliphatic heterocycles. The smallest absolute Gasteiger partial charge is 0.244 e. The van der Waals surface area contributed by atoms with Crippen molar-refractivity contribution in [3.63, 3.8) is 0 Å². The second kappa shape index (κ2) is 6.82. The van der Waals surface area contributed by atoms with Crippen LogP contribution >= 0.6 is 11.3 Å². The van der Waals surface area contributed by atoms with Crippen molar-refractivity contribution in [2.24, 2.45) is 0 Å². The van der Waals surface area contributed by atoms with Crippen LogP contribution in [0.4, 0.5) is 0 Å². The topological polar surface area (TPSA) is 59.8 Å². The molecule has 5 nitrogen and oxygen atoms in total. The number of thiophene rings is 1. The molecule has 0 atom stereocenters. The standard InChI is InChI=1S/C16H14N4OS/c21-16(3-2-13-5-9-22-12-13)18-11-14-4-7-17-15(10-14)20-8-1-6-19-20/h1-10,12H,11H2,(H,18,21)/b3-2+. The van der Waals surface area contributed by atoms with Crippen molar-refractivity contribution in [1.29, 1.82) is 0 Å². The average Bonchev–Trinajstić information content (AvgIpc) is 3.24. The lowest BCUT2D eigenvalue weighted by molar-refractivity contribution is -0.116. The molecule has 0 aromatic carbocycles. The Hall–Kier alpha value is -2.73. The highest BCUT2D eigenvalue weighted by Crippen LogP contribution is 2.08. The maximum Gasteiger partial charge on any atom is 0.244 e. The van der Waals surface area contributed by atoms with E-state index < -0.39 is 0 Å². The minimum Gasteiger partial charge on any atom is -0.348 e. The Morgan fingerprint density at radius 2 is 2.32 bits per heavy atom. The van der Waals surface area contributed by atoms with Gasteiger partial charge in [-0.3, -0.25) is 4.79 Å². The Morgan fingerprint density at radius 1 is 1.36 bits per heavy atom. The van der Waals surface area contributed by atoms with Gasteiger partial charge in [0.2, 0.25) is 5.91 Å². The lowest BCUT2D eigenvalue weighted by Crippen LogP contribution is -2.20. The maximum absolute atomic E-state index is 11.8. The summed E-state index contributed by atoms with van der Waals surface area (Å²) < 4.78 is 1.68. The van der Waals surface area contributed by atoms with Crippen molar-refractivity contribution < 1.29 is 4.79 Å². The van der Waals surface area contributed by atoms with Crippen LogP contribution in [0.2, 0.25) is 0 Å². The van der Waals surface area contributed by atoms with E-state index in [2.05, 4.69) is 15.4 Å². The molecule has 22 heavy (non-hydrogen) atoms. The third-order valence-corrected chi connectivity index (χ3v) is 3.69. The molecule has 3 aromatic heterocycles. The molecular formula is C16H14N4OS. The Balaban J connectivity index is 1.59. The third kappa shape index (κ3) is 3.67. The van der Waals surface area contributed by atoms with Gasteiger partial charge in [0.05, 0.1) is 0 Å². The lowest BCUT2D eigenvalue weighted by atomic mass is 10.2. The molecule has 0 unspecified atom stereocenters. The van der Waals surface area contributed by atoms with Crippen molar-refractivity contribution in [3.05, 3.63) is 70.8 Å². The molecule has 3 heterocycles. The van der Waals surface area contributed by atoms with E-state index >= 15 is 0 Å². The van der Waals surface area contributed by atoms with E-state index in [-0.39, 0.29) is 5.91 Å². The van der Waals surface area contributed by atoms with Crippen LogP contribution in [0.5, 0.6) is 0 Å². The first-order chi connectivity index (χ1) is 10.8. The van der Waals surface area contributed by atoms with Gasteiger partial charge in [-0.2, -0.15) is 16.4 Å². The van der Waals surface area contributed by atoms with Crippen molar-refractivity contribution in [2.75, 3.05) is 0 Å². The molecule has 1 N–H and O–H groups in total. The lowest BCUT2D eigenvalue weighted by Gasteiger charge is -2.05. The summed E-state index contributed by atoms with van der Waals surface area (Å²) in [5.41, 5.74) is 2.00. The van der Waals surface area contributed by atoms with Crippen molar-refractivity contribution in [3.8, 4) is 5.82 Å². The molecule has 0 aliphatic carbocycles. The van der Waals surface area contributed by atoms with E-state index in [9.17, 15) is 4.79 Å². The minimum absolute atomic E-state index is 0.122. The summed E-state index contributed by atoms with van der Waals surface area (Å²) in [5, 5.41) is 11.0. The van der Waals surface area contributed by atoms with E-state index in [1.54, 1.807) is 34.5 Å². The average molecular weight is 310 g/mol. The monoisotopic (exact) mass is 310 g/mol. The molecule has 110 valence electrons. The highest BCUT2D eigenvalue weighted by molar-refractivity contribution is 7.08. The SMILES string of the molecule is O=C(/C=C/c1ccsc1)NCc1ccnc(-n2cccn2)c1. The molecule has 1 amide bonds. The normalized spacial score (nSPS) is 10.9. The van der Waals surface area contributed by atoms with Crippen LogP contribution < -0.4 is 5.32 Å². The summed E-state index contributed by atoms with van der Waals surface area (Å²) in [5.74, 6) is 0.606. The Kier molecular flexibility index (Phi) is 4.41. The first-order valence-corrected chi connectivity index (χ1v) is 7.68. The number of nitrogens with zero attached hydrogens (tertiary/aromatic N) is 3. The van der Waals surface area contributed by atoms with Crippen molar-refractivity contribution >= 4 is 23.3 Å². The van der Waals surface area contributed by atoms with Crippen LogP contribution in [0.25, 0.3) is 11.9 Å². The number of rotatable bonds is 5. The van der Waals surface area contributed by atoms with E-state index in [4.69, 9.17) is 0 Å². The van der Waals surface area contributed by atoms with Gasteiger partial charge in [0.25, 0.3) is 0 Å². The number of carbonyl (C=O) groups excluding carboxylic acids is 1. The first-order valence-electron chi connectivity index (χ1n) is 6.74. The number of nitrogens with one attached hydrogen (secondary N) is 1. The van der Waals surface area contributed by atoms with Crippen molar-refractivity contribution in [1.82, 2.24) is 20.1 Å². The predicted octanol–water partition coefficient (Wildman–Crippen LogP) is 2.66. The van der Waals surface area contributed by atoms with Crippen LogP contribution in [-0.2, 0) is 11.3 Å². The fourth-order valence-electron chi connectivity index (χ4n) is 1.89. The van der Waals surface area contributed by atoms with Crippen LogP contribution in [-0.4, -0.2) is 20.7 Å². The van der Waals surface area contributed by atoms with Crippen LogP contribution in [0.1, 0.15) is 11.1 Å². The molecule has 0 radical (unpaired) electrons. The second-order valence-electron chi connectivity index (χ2n) is 4.58. The fourth-order valence-corrected chi connectivity index (χ4v) is 2.52. The number of pyridine rings is 1. The summed E-state index contributed by atoms with van der Waals surface area (Å²) >= 11 is 1.60. The minimum atomic E-state index is -0.122. The van der Waals surface area contributed by atoms with Gasteiger partial charge >= 0.3 is 0 Å². The van der Waals surface area contributed by atoms with Gasteiger partial charge in [0.15, 0.2) is 5.82 Å². The summed E-state index contributed by atoms with van der Waals surface area (Å²) in [6, 6.07) is 7.57. The largest absolute Gasteiger partial charge is 0.348 e. The molecule has 0 bridgehead atoms.